The minimum atomic E-state index is -4.64. The van der Waals surface area contributed by atoms with Gasteiger partial charge in [-0.15, -0.1) is 0 Å². The van der Waals surface area contributed by atoms with Crippen molar-refractivity contribution in [2.24, 2.45) is 0 Å². The summed E-state index contributed by atoms with van der Waals surface area (Å²) in [5.41, 5.74) is 0. The summed E-state index contributed by atoms with van der Waals surface area (Å²) in [5.74, 6) is -0.806. The van der Waals surface area contributed by atoms with Crippen LogP contribution in [0.4, 0.5) is 0 Å². The van der Waals surface area contributed by atoms with Gasteiger partial charge in [0.15, 0.2) is 6.10 Å². The van der Waals surface area contributed by atoms with Gasteiger partial charge in [-0.05, 0) is 44.9 Å². The van der Waals surface area contributed by atoms with Gasteiger partial charge in [0, 0.05) is 12.8 Å². The van der Waals surface area contributed by atoms with E-state index in [0.717, 1.165) is 38.5 Å². The fraction of sp³-hybridized carbons (Fsp3) is 0.919. The van der Waals surface area contributed by atoms with Crippen LogP contribution in [0.5, 0.6) is 0 Å². The molecule has 0 heterocycles. The molecule has 9 nitrogen and oxygen atoms in total. The first kappa shape index (κ1) is 82.5. The van der Waals surface area contributed by atoms with E-state index >= 15 is 0 Å². The van der Waals surface area contributed by atoms with Gasteiger partial charge in [-0.3, -0.25) is 14.2 Å². The third kappa shape index (κ3) is 69.6. The number of esters is 2. The number of nitrogens with zero attached hydrogens (tertiary/aromatic N) is 1. The molecule has 498 valence electrons. The summed E-state index contributed by atoms with van der Waals surface area (Å²) in [4.78, 5) is 38.1. The van der Waals surface area contributed by atoms with E-state index in [1.807, 2.05) is 21.1 Å². The molecule has 0 aliphatic heterocycles. The van der Waals surface area contributed by atoms with Crippen molar-refractivity contribution in [3.8, 4) is 0 Å². The second-order valence-corrected chi connectivity index (χ2v) is 28.1. The molecule has 0 aromatic carbocycles. The Hall–Kier alpha value is -1.51. The van der Waals surface area contributed by atoms with Crippen LogP contribution >= 0.6 is 7.82 Å². The SMILES string of the molecule is CCCCCCC/C=C\C/C=C\CCCCCCCCCCCCCCCCCCCCCCCC(=O)OC(COC(=O)CCCCCCCCCCCCCCCCCCCCCCCCCCCCC)COP(=O)([O-])OCC[N+](C)(C)C. The third-order valence-corrected chi connectivity index (χ3v) is 17.9. The maximum atomic E-state index is 12.9. The van der Waals surface area contributed by atoms with E-state index in [1.54, 1.807) is 0 Å². The molecule has 0 rings (SSSR count). The van der Waals surface area contributed by atoms with Crippen LogP contribution in [0.2, 0.25) is 0 Å². The van der Waals surface area contributed by atoms with Gasteiger partial charge in [-0.1, -0.05) is 353 Å². The Morgan fingerprint density at radius 2 is 0.643 bits per heavy atom. The number of hydrogen-bond donors (Lipinski definition) is 0. The minimum Gasteiger partial charge on any atom is -0.756 e. The summed E-state index contributed by atoms with van der Waals surface area (Å²) in [6.07, 6.45) is 82.8. The van der Waals surface area contributed by atoms with Gasteiger partial charge in [-0.25, -0.2) is 0 Å². The first-order valence-corrected chi connectivity index (χ1v) is 38.5. The highest BCUT2D eigenvalue weighted by Gasteiger charge is 2.22. The van der Waals surface area contributed by atoms with Crippen LogP contribution in [0.1, 0.15) is 386 Å². The molecule has 2 unspecified atom stereocenters. The van der Waals surface area contributed by atoms with Crippen molar-refractivity contribution in [3.05, 3.63) is 24.3 Å². The van der Waals surface area contributed by atoms with E-state index in [-0.39, 0.29) is 32.0 Å². The first-order chi connectivity index (χ1) is 41.0. The van der Waals surface area contributed by atoms with Crippen molar-refractivity contribution in [1.29, 1.82) is 0 Å². The topological polar surface area (TPSA) is 111 Å². The Kier molecular flexibility index (Phi) is 64.7. The van der Waals surface area contributed by atoms with E-state index < -0.39 is 26.5 Å². The van der Waals surface area contributed by atoms with Gasteiger partial charge >= 0.3 is 11.9 Å². The number of likely N-dealkylation sites (N-methyl/N-ethyl adjacent to an activating group) is 1. The summed E-state index contributed by atoms with van der Waals surface area (Å²) >= 11 is 0. The third-order valence-electron chi connectivity index (χ3n) is 17.0. The van der Waals surface area contributed by atoms with Gasteiger partial charge in [0.1, 0.15) is 19.8 Å². The average molecular weight is 1210 g/mol. The highest BCUT2D eigenvalue weighted by atomic mass is 31.2. The van der Waals surface area contributed by atoms with Crippen molar-refractivity contribution < 1.29 is 42.1 Å². The number of carbonyl (C=O) groups excluding carboxylic acids is 2. The molecule has 2 atom stereocenters. The molecule has 0 bridgehead atoms. The van der Waals surface area contributed by atoms with Gasteiger partial charge in [0.2, 0.25) is 0 Å². The predicted octanol–water partition coefficient (Wildman–Crippen LogP) is 23.4. The van der Waals surface area contributed by atoms with Crippen LogP contribution in [-0.2, 0) is 32.7 Å². The Morgan fingerprint density at radius 1 is 0.369 bits per heavy atom. The number of hydrogen-bond acceptors (Lipinski definition) is 8. The molecule has 0 N–H and O–H groups in total. The number of rotatable bonds is 70. The lowest BCUT2D eigenvalue weighted by Crippen LogP contribution is -2.37. The Labute approximate surface area is 523 Å². The molecule has 0 aromatic heterocycles. The monoisotopic (exact) mass is 1210 g/mol. The largest absolute Gasteiger partial charge is 0.756 e. The van der Waals surface area contributed by atoms with Crippen LogP contribution in [0, 0.1) is 0 Å². The first-order valence-electron chi connectivity index (χ1n) is 37.0. The maximum absolute atomic E-state index is 12.9. The summed E-state index contributed by atoms with van der Waals surface area (Å²) < 4.78 is 34.4. The number of phosphoric acid groups is 1. The molecule has 0 aliphatic carbocycles. The zero-order chi connectivity index (χ0) is 61.2. The van der Waals surface area contributed by atoms with E-state index in [2.05, 4.69) is 38.2 Å². The van der Waals surface area contributed by atoms with Crippen molar-refractivity contribution in [3.63, 3.8) is 0 Å². The normalized spacial score (nSPS) is 13.2. The molecule has 0 saturated heterocycles. The molecular weight excluding hydrogens is 1060 g/mol. The molecule has 0 amide bonds. The second-order valence-electron chi connectivity index (χ2n) is 26.7. The fourth-order valence-corrected chi connectivity index (χ4v) is 12.0. The molecule has 0 spiro atoms. The predicted molar refractivity (Wildman–Crippen MR) is 361 cm³/mol. The van der Waals surface area contributed by atoms with Crippen molar-refractivity contribution >= 4 is 19.8 Å². The summed E-state index contributed by atoms with van der Waals surface area (Å²) in [6.45, 7) is 4.32. The second kappa shape index (κ2) is 65.9. The van der Waals surface area contributed by atoms with Gasteiger partial charge in [-0.2, -0.15) is 0 Å². The van der Waals surface area contributed by atoms with E-state index in [0.29, 0.717) is 17.4 Å². The minimum absolute atomic E-state index is 0.0264. The lowest BCUT2D eigenvalue weighted by Gasteiger charge is -2.28. The highest BCUT2D eigenvalue weighted by Crippen LogP contribution is 2.38. The zero-order valence-corrected chi connectivity index (χ0v) is 57.8. The number of phosphoric ester groups is 1. The van der Waals surface area contributed by atoms with Crippen LogP contribution in [0.3, 0.4) is 0 Å². The van der Waals surface area contributed by atoms with Gasteiger partial charge in [0.25, 0.3) is 7.82 Å². The Balaban J connectivity index is 3.95. The smallest absolute Gasteiger partial charge is 0.306 e. The maximum Gasteiger partial charge on any atom is 0.306 e. The summed E-state index contributed by atoms with van der Waals surface area (Å²) in [5, 5.41) is 0. The van der Waals surface area contributed by atoms with E-state index in [9.17, 15) is 19.0 Å². The van der Waals surface area contributed by atoms with Crippen LogP contribution in [0.15, 0.2) is 24.3 Å². The Morgan fingerprint density at radius 3 is 0.940 bits per heavy atom. The lowest BCUT2D eigenvalue weighted by molar-refractivity contribution is -0.870. The number of allylic oxidation sites excluding steroid dienone is 4. The number of unbranched alkanes of at least 4 members (excludes halogenated alkanes) is 52. The van der Waals surface area contributed by atoms with Gasteiger partial charge in [0.05, 0.1) is 27.7 Å². The Bertz CT molecular complexity index is 1460. The quantitative estimate of drug-likeness (QED) is 0.0195. The number of ether oxygens (including phenoxy) is 2. The molecule has 0 fully saturated rings. The summed E-state index contributed by atoms with van der Waals surface area (Å²) in [7, 11) is 1.19. The zero-order valence-electron chi connectivity index (χ0n) is 56.9. The van der Waals surface area contributed by atoms with Crippen LogP contribution in [-0.4, -0.2) is 70.0 Å². The molecule has 0 aliphatic rings. The molecule has 84 heavy (non-hydrogen) atoms. The van der Waals surface area contributed by atoms with E-state index in [4.69, 9.17) is 18.5 Å². The average Bonchev–Trinajstić information content (AvgIpc) is 3.61. The molecule has 0 aromatic rings. The standard InChI is InChI=1S/C74H144NO8P/c1-6-8-10-12-14-16-18-20-22-24-26-28-30-32-34-35-36-37-38-39-41-43-45-47-49-51-53-55-57-59-61-63-65-67-74(77)83-72(71-82-84(78,79)81-69-68-75(3,4)5)70-80-73(76)66-64-62-60-58-56-54-52-50-48-46-44-42-40-33-31-29-27-25-23-21-19-17-15-13-11-9-7-2/h18,20,24,26,72H,6-17,19,21-23,25,27-71H2,1-5H3/b20-18-,26-24-. The van der Waals surface area contributed by atoms with E-state index in [1.165, 1.54) is 315 Å². The molecule has 10 heteroatoms. The molecule has 0 saturated carbocycles. The van der Waals surface area contributed by atoms with Crippen molar-refractivity contribution in [1.82, 2.24) is 0 Å². The molecular formula is C74H144NO8P. The lowest BCUT2D eigenvalue weighted by atomic mass is 10.0. The van der Waals surface area contributed by atoms with Crippen LogP contribution in [0.25, 0.3) is 0 Å². The summed E-state index contributed by atoms with van der Waals surface area (Å²) in [6, 6.07) is 0. The van der Waals surface area contributed by atoms with Gasteiger partial charge < -0.3 is 27.9 Å². The van der Waals surface area contributed by atoms with Crippen molar-refractivity contribution in [2.45, 2.75) is 392 Å². The molecule has 0 radical (unpaired) electrons. The fourth-order valence-electron chi connectivity index (χ4n) is 11.3. The number of carbonyl (C=O) groups is 2. The van der Waals surface area contributed by atoms with Crippen LogP contribution < -0.4 is 4.89 Å². The van der Waals surface area contributed by atoms with Crippen molar-refractivity contribution in [2.75, 3.05) is 47.5 Å². The number of quaternary nitrogens is 1. The highest BCUT2D eigenvalue weighted by molar-refractivity contribution is 7.45.